The second kappa shape index (κ2) is 10.2. The third-order valence-corrected chi connectivity index (χ3v) is 5.49. The van der Waals surface area contributed by atoms with E-state index in [0.29, 0.717) is 30.4 Å². The van der Waals surface area contributed by atoms with Gasteiger partial charge < -0.3 is 19.4 Å². The zero-order valence-corrected chi connectivity index (χ0v) is 18.1. The van der Waals surface area contributed by atoms with Crippen molar-refractivity contribution in [3.05, 3.63) is 95.0 Å². The minimum atomic E-state index is -0.525. The lowest BCUT2D eigenvalue weighted by Crippen LogP contribution is -2.24. The Morgan fingerprint density at radius 1 is 1.03 bits per heavy atom. The molecule has 0 amide bonds. The van der Waals surface area contributed by atoms with Crippen LogP contribution in [-0.4, -0.2) is 19.7 Å². The summed E-state index contributed by atoms with van der Waals surface area (Å²) in [6.07, 6.45) is 5.37. The van der Waals surface area contributed by atoms with E-state index in [-0.39, 0.29) is 12.4 Å². The summed E-state index contributed by atoms with van der Waals surface area (Å²) in [6, 6.07) is 18.6. The summed E-state index contributed by atoms with van der Waals surface area (Å²) in [7, 11) is 1.61. The number of esters is 1. The van der Waals surface area contributed by atoms with Crippen LogP contribution in [0.2, 0.25) is 0 Å². The topological polar surface area (TPSA) is 71.7 Å². The van der Waals surface area contributed by atoms with Crippen LogP contribution < -0.4 is 14.2 Å². The first-order valence-corrected chi connectivity index (χ1v) is 10.8. The minimum absolute atomic E-state index is 0.188. The normalized spacial score (nSPS) is 13.9. The molecule has 1 atom stereocenters. The predicted molar refractivity (Wildman–Crippen MR) is 119 cm³/mol. The fourth-order valence-corrected chi connectivity index (χ4v) is 3.48. The molecule has 0 spiro atoms. The second-order valence-corrected chi connectivity index (χ2v) is 8.08. The molecular weight excluding hydrogens is 406 g/mol. The molecule has 6 heteroatoms. The molecule has 3 aromatic rings. The van der Waals surface area contributed by atoms with Crippen LogP contribution in [0.15, 0.2) is 73.1 Å². The summed E-state index contributed by atoms with van der Waals surface area (Å²) in [5.74, 6) is 1.58. The van der Waals surface area contributed by atoms with Crippen molar-refractivity contribution in [2.75, 3.05) is 13.7 Å². The van der Waals surface area contributed by atoms with Gasteiger partial charge in [0, 0.05) is 18.6 Å². The average Bonchev–Trinajstić information content (AvgIpc) is 3.64. The van der Waals surface area contributed by atoms with Gasteiger partial charge in [0.2, 0.25) is 0 Å². The van der Waals surface area contributed by atoms with Crippen molar-refractivity contribution in [2.45, 2.75) is 31.8 Å². The van der Waals surface area contributed by atoms with Gasteiger partial charge in [0.1, 0.15) is 6.10 Å². The van der Waals surface area contributed by atoms with E-state index < -0.39 is 6.10 Å². The second-order valence-electron chi connectivity index (χ2n) is 8.08. The Kier molecular flexibility index (Phi) is 6.90. The van der Waals surface area contributed by atoms with Crippen LogP contribution in [0.3, 0.4) is 0 Å². The molecule has 32 heavy (non-hydrogen) atoms. The van der Waals surface area contributed by atoms with Gasteiger partial charge in [-0.2, -0.15) is 4.73 Å². The van der Waals surface area contributed by atoms with Gasteiger partial charge in [-0.05, 0) is 47.6 Å². The molecular formula is C26H27NO5. The molecule has 1 heterocycles. The first kappa shape index (κ1) is 21.7. The fraction of sp³-hybridized carbons (Fsp3) is 0.308. The number of aromatic nitrogens is 1. The van der Waals surface area contributed by atoms with Crippen LogP contribution in [0, 0.1) is 11.1 Å². The first-order valence-electron chi connectivity index (χ1n) is 10.8. The summed E-state index contributed by atoms with van der Waals surface area (Å²) in [6.45, 7) is 0.653. The van der Waals surface area contributed by atoms with Gasteiger partial charge in [0.05, 0.1) is 20.1 Å². The average molecular weight is 434 g/mol. The lowest BCUT2D eigenvalue weighted by atomic mass is 10.0. The number of hydrogen-bond acceptors (Lipinski definition) is 5. The van der Waals surface area contributed by atoms with Gasteiger partial charge >= 0.3 is 5.97 Å². The number of ether oxygens (including phenoxy) is 3. The third-order valence-electron chi connectivity index (χ3n) is 5.49. The van der Waals surface area contributed by atoms with Gasteiger partial charge in [-0.3, -0.25) is 4.79 Å². The summed E-state index contributed by atoms with van der Waals surface area (Å²) in [5.41, 5.74) is 2.61. The highest BCUT2D eigenvalue weighted by Crippen LogP contribution is 2.35. The molecule has 0 aliphatic heterocycles. The Bertz CT molecular complexity index is 1030. The predicted octanol–water partition coefficient (Wildman–Crippen LogP) is 4.19. The fourth-order valence-electron chi connectivity index (χ4n) is 3.48. The quantitative estimate of drug-likeness (QED) is 0.272. The number of carbonyl (C=O) groups is 1. The highest BCUT2D eigenvalue weighted by atomic mass is 16.5. The Morgan fingerprint density at radius 2 is 1.78 bits per heavy atom. The molecule has 0 bridgehead atoms. The van der Waals surface area contributed by atoms with Gasteiger partial charge in [0.25, 0.3) is 0 Å². The van der Waals surface area contributed by atoms with Crippen LogP contribution >= 0.6 is 0 Å². The van der Waals surface area contributed by atoms with Gasteiger partial charge in [-0.1, -0.05) is 36.4 Å². The Labute approximate surface area is 188 Å². The molecule has 1 aromatic heterocycles. The van der Waals surface area contributed by atoms with Crippen molar-refractivity contribution < 1.29 is 23.7 Å². The molecule has 1 unspecified atom stereocenters. The highest BCUT2D eigenvalue weighted by Gasteiger charge is 2.24. The van der Waals surface area contributed by atoms with Crippen LogP contribution in [-0.2, 0) is 22.4 Å². The number of nitrogens with zero attached hydrogens (tertiary/aromatic N) is 1. The Morgan fingerprint density at radius 3 is 2.47 bits per heavy atom. The van der Waals surface area contributed by atoms with Crippen LogP contribution in [0.5, 0.6) is 11.5 Å². The number of carbonyl (C=O) groups excluding carboxylic acids is 1. The monoisotopic (exact) mass is 433 g/mol. The third kappa shape index (κ3) is 6.00. The molecule has 166 valence electrons. The number of hydrogen-bond donors (Lipinski definition) is 0. The van der Waals surface area contributed by atoms with Crippen molar-refractivity contribution in [1.82, 2.24) is 0 Å². The molecule has 1 aliphatic carbocycles. The van der Waals surface area contributed by atoms with Crippen LogP contribution in [0.4, 0.5) is 0 Å². The van der Waals surface area contributed by atoms with Crippen molar-refractivity contribution in [3.8, 4) is 11.5 Å². The van der Waals surface area contributed by atoms with Crippen molar-refractivity contribution in [1.29, 1.82) is 0 Å². The summed E-state index contributed by atoms with van der Waals surface area (Å²) >= 11 is 0. The van der Waals surface area contributed by atoms with E-state index in [2.05, 4.69) is 0 Å². The maximum absolute atomic E-state index is 12.7. The molecule has 0 saturated heterocycles. The molecule has 2 aromatic carbocycles. The maximum Gasteiger partial charge on any atom is 0.310 e. The van der Waals surface area contributed by atoms with Crippen LogP contribution in [0.25, 0.3) is 0 Å². The summed E-state index contributed by atoms with van der Waals surface area (Å²) < 4.78 is 18.1. The van der Waals surface area contributed by atoms with E-state index in [1.165, 1.54) is 25.2 Å². The SMILES string of the molecule is COc1ccc(C(Cc2cc[n+]([O-])cc2)OC(=O)Cc2ccccc2)cc1OCC1CC1. The Hall–Kier alpha value is -3.54. The number of rotatable bonds is 10. The number of methoxy groups -OCH3 is 1. The van der Waals surface area contributed by atoms with Gasteiger partial charge in [0.15, 0.2) is 23.9 Å². The van der Waals surface area contributed by atoms with E-state index in [9.17, 15) is 10.0 Å². The lowest BCUT2D eigenvalue weighted by Gasteiger charge is -2.20. The Balaban J connectivity index is 1.56. The largest absolute Gasteiger partial charge is 0.619 e. The maximum atomic E-state index is 12.7. The molecule has 0 radical (unpaired) electrons. The van der Waals surface area contributed by atoms with Crippen molar-refractivity contribution in [2.24, 2.45) is 5.92 Å². The summed E-state index contributed by atoms with van der Waals surface area (Å²) in [5, 5.41) is 11.4. The summed E-state index contributed by atoms with van der Waals surface area (Å²) in [4.78, 5) is 12.7. The molecule has 6 nitrogen and oxygen atoms in total. The zero-order chi connectivity index (χ0) is 22.3. The first-order chi connectivity index (χ1) is 15.6. The molecule has 1 aliphatic rings. The molecule has 1 fully saturated rings. The van der Waals surface area contributed by atoms with E-state index in [0.717, 1.165) is 21.4 Å². The zero-order valence-electron chi connectivity index (χ0n) is 18.1. The minimum Gasteiger partial charge on any atom is -0.619 e. The van der Waals surface area contributed by atoms with E-state index >= 15 is 0 Å². The molecule has 4 rings (SSSR count). The van der Waals surface area contributed by atoms with Crippen molar-refractivity contribution in [3.63, 3.8) is 0 Å². The van der Waals surface area contributed by atoms with Gasteiger partial charge in [-0.25, -0.2) is 0 Å². The van der Waals surface area contributed by atoms with E-state index in [4.69, 9.17) is 14.2 Å². The molecule has 1 saturated carbocycles. The smallest absolute Gasteiger partial charge is 0.310 e. The molecule has 0 N–H and O–H groups in total. The van der Waals surface area contributed by atoms with E-state index in [1.54, 1.807) is 19.2 Å². The number of pyridine rings is 1. The highest BCUT2D eigenvalue weighted by molar-refractivity contribution is 5.73. The van der Waals surface area contributed by atoms with E-state index in [1.807, 2.05) is 48.5 Å². The lowest BCUT2D eigenvalue weighted by molar-refractivity contribution is -0.605. The van der Waals surface area contributed by atoms with Gasteiger partial charge in [-0.15, -0.1) is 0 Å². The standard InChI is InChI=1S/C26H27NO5/c1-30-23-10-9-22(17-25(23)31-18-21-7-8-21)24(15-20-11-13-27(29)14-12-20)32-26(28)16-19-5-3-2-4-6-19/h2-6,9-14,17,21,24H,7-8,15-16,18H2,1H3. The van der Waals surface area contributed by atoms with Crippen molar-refractivity contribution >= 4 is 5.97 Å². The van der Waals surface area contributed by atoms with Crippen LogP contribution in [0.1, 0.15) is 35.6 Å². The number of benzene rings is 2.